The van der Waals surface area contributed by atoms with E-state index in [1.54, 1.807) is 12.7 Å². The predicted molar refractivity (Wildman–Crippen MR) is 237 cm³/mol. The number of nitrogens with zero attached hydrogens (tertiary/aromatic N) is 6. The zero-order valence-corrected chi connectivity index (χ0v) is 35.1. The highest BCUT2D eigenvalue weighted by atomic mass is 35.5. The van der Waals surface area contributed by atoms with Crippen molar-refractivity contribution < 1.29 is 13.6 Å². The van der Waals surface area contributed by atoms with Crippen molar-refractivity contribution in [3.8, 4) is 0 Å². The van der Waals surface area contributed by atoms with E-state index in [1.807, 2.05) is 119 Å². The minimum Gasteiger partial charge on any atom is -0.311 e. The Morgan fingerprint density at radius 2 is 0.700 bits per heavy atom. The first-order chi connectivity index (χ1) is 29.5. The summed E-state index contributed by atoms with van der Waals surface area (Å²) in [5, 5.41) is 8.71. The second kappa shape index (κ2) is 19.1. The lowest BCUT2D eigenvalue weighted by Crippen LogP contribution is -2.38. The third kappa shape index (κ3) is 8.37. The van der Waals surface area contributed by atoms with Crippen molar-refractivity contribution in [2.75, 3.05) is 13.2 Å². The van der Waals surface area contributed by atoms with E-state index in [1.165, 1.54) is 0 Å². The summed E-state index contributed by atoms with van der Waals surface area (Å²) >= 11 is 13.7. The molecule has 8 aromatic rings. The molecule has 0 amide bonds. The van der Waals surface area contributed by atoms with Crippen LogP contribution in [0.25, 0.3) is 0 Å². The van der Waals surface area contributed by atoms with Gasteiger partial charge in [0.1, 0.15) is 23.7 Å². The fourth-order valence-electron chi connectivity index (χ4n) is 7.82. The molecular weight excluding hydrogens is 810 g/mol. The Labute approximate surface area is 360 Å². The summed E-state index contributed by atoms with van der Waals surface area (Å²) in [4.78, 5) is 9.31. The first-order valence-electron chi connectivity index (χ1n) is 19.8. The average Bonchev–Trinajstić information content (AvgIpc) is 4.02. The Hall–Kier alpha value is -5.67. The first-order valence-corrected chi connectivity index (χ1v) is 21.9. The molecule has 60 heavy (non-hydrogen) atoms. The van der Waals surface area contributed by atoms with Gasteiger partial charge in [0.15, 0.2) is 11.6 Å². The molecule has 0 bridgehead atoms. The van der Waals surface area contributed by atoms with Gasteiger partial charge in [0.25, 0.3) is 0 Å². The minimum atomic E-state index is -2.85. The van der Waals surface area contributed by atoms with Crippen molar-refractivity contribution in [2.24, 2.45) is 0 Å². The zero-order chi connectivity index (χ0) is 41.2. The molecule has 0 aliphatic carbocycles. The summed E-state index contributed by atoms with van der Waals surface area (Å²) in [6, 6.07) is 61.3. The van der Waals surface area contributed by atoms with Crippen LogP contribution < -0.4 is 0 Å². The highest BCUT2D eigenvalue weighted by molar-refractivity contribution is 7.33. The molecule has 0 radical (unpaired) electrons. The second-order valence-corrected chi connectivity index (χ2v) is 16.3. The van der Waals surface area contributed by atoms with Gasteiger partial charge in [-0.05, 0) is 46.2 Å². The van der Waals surface area contributed by atoms with Crippen LogP contribution in [0.3, 0.4) is 0 Å². The van der Waals surface area contributed by atoms with Gasteiger partial charge in [-0.25, -0.2) is 19.3 Å². The van der Waals surface area contributed by atoms with Gasteiger partial charge < -0.3 is 9.05 Å². The molecule has 2 unspecified atom stereocenters. The molecule has 0 aliphatic heterocycles. The number of aromatic nitrogens is 6. The summed E-state index contributed by atoms with van der Waals surface area (Å²) in [7, 11) is -2.85. The second-order valence-electron chi connectivity index (χ2n) is 14.2. The number of benzene rings is 6. The molecule has 302 valence electrons. The molecule has 6 aromatic carbocycles. The van der Waals surface area contributed by atoms with Gasteiger partial charge in [-0.3, -0.25) is 4.57 Å². The van der Waals surface area contributed by atoms with Gasteiger partial charge >= 0.3 is 8.25 Å². The maximum atomic E-state index is 12.9. The van der Waals surface area contributed by atoms with E-state index in [0.717, 1.165) is 33.4 Å². The van der Waals surface area contributed by atoms with Crippen LogP contribution in [0.5, 0.6) is 0 Å². The molecule has 8 rings (SSSR count). The van der Waals surface area contributed by atoms with E-state index in [9.17, 15) is 4.57 Å². The maximum Gasteiger partial charge on any atom is 0.319 e. The lowest BCUT2D eigenvalue weighted by atomic mass is 9.77. The van der Waals surface area contributed by atoms with Crippen LogP contribution in [-0.2, 0) is 24.7 Å². The largest absolute Gasteiger partial charge is 0.319 e. The van der Waals surface area contributed by atoms with Gasteiger partial charge in [-0.1, -0.05) is 182 Å². The van der Waals surface area contributed by atoms with Crippen molar-refractivity contribution >= 4 is 31.5 Å². The topological polar surface area (TPSA) is 97.0 Å². The fraction of sp³-hybridized carbons (Fsp3) is 0.167. The lowest BCUT2D eigenvalue weighted by Gasteiger charge is -2.35. The Morgan fingerprint density at radius 3 is 0.950 bits per heavy atom. The van der Waals surface area contributed by atoms with E-state index in [2.05, 4.69) is 82.8 Å². The molecule has 0 saturated carbocycles. The van der Waals surface area contributed by atoms with E-state index in [-0.39, 0.29) is 13.2 Å². The van der Waals surface area contributed by atoms with Crippen LogP contribution in [0, 0.1) is 0 Å². The molecule has 12 heteroatoms. The molecule has 2 heterocycles. The average molecular weight is 854 g/mol. The molecule has 0 saturated heterocycles. The van der Waals surface area contributed by atoms with Crippen molar-refractivity contribution in [1.29, 1.82) is 0 Å². The Morgan fingerprint density at radius 1 is 0.450 bits per heavy atom. The molecule has 9 nitrogen and oxygen atoms in total. The van der Waals surface area contributed by atoms with Gasteiger partial charge in [0.05, 0.1) is 24.0 Å². The molecule has 0 N–H and O–H groups in total. The van der Waals surface area contributed by atoms with E-state index >= 15 is 0 Å². The van der Waals surface area contributed by atoms with Crippen LogP contribution in [0.4, 0.5) is 0 Å². The van der Waals surface area contributed by atoms with Crippen molar-refractivity contribution in [2.45, 2.75) is 34.7 Å². The molecule has 0 spiro atoms. The number of alkyl halides is 2. The summed E-state index contributed by atoms with van der Waals surface area (Å²) in [5.41, 5.74) is 4.49. The highest BCUT2D eigenvalue weighted by Crippen LogP contribution is 2.42. The van der Waals surface area contributed by atoms with Crippen LogP contribution in [0.1, 0.15) is 68.6 Å². The third-order valence-corrected chi connectivity index (χ3v) is 12.3. The van der Waals surface area contributed by atoms with E-state index in [4.69, 9.17) is 42.4 Å². The van der Waals surface area contributed by atoms with Gasteiger partial charge in [0.2, 0.25) is 0 Å². The molecular formula is C48H43Cl2N6O3P. The number of halogens is 2. The number of rotatable bonds is 18. The van der Waals surface area contributed by atoms with Gasteiger partial charge in [0, 0.05) is 0 Å². The van der Waals surface area contributed by atoms with Crippen molar-refractivity contribution in [3.63, 3.8) is 0 Å². The predicted octanol–water partition coefficient (Wildman–Crippen LogP) is 11.0. The van der Waals surface area contributed by atoms with Crippen LogP contribution >= 0.6 is 31.5 Å². The fourth-order valence-corrected chi connectivity index (χ4v) is 8.85. The molecule has 2 aromatic heterocycles. The van der Waals surface area contributed by atoms with Crippen molar-refractivity contribution in [1.82, 2.24) is 29.5 Å². The Bertz CT molecular complexity index is 2190. The zero-order valence-electron chi connectivity index (χ0n) is 32.6. The number of hydrogen-bond acceptors (Lipinski definition) is 7. The van der Waals surface area contributed by atoms with Gasteiger partial charge in [-0.15, -0.1) is 23.2 Å². The smallest absolute Gasteiger partial charge is 0.311 e. The van der Waals surface area contributed by atoms with E-state index in [0.29, 0.717) is 24.5 Å². The number of hydrogen-bond donors (Lipinski definition) is 0. The van der Waals surface area contributed by atoms with Crippen molar-refractivity contribution in [3.05, 3.63) is 240 Å². The molecule has 2 atom stereocenters. The van der Waals surface area contributed by atoms with Gasteiger partial charge in [-0.2, -0.15) is 10.2 Å². The van der Waals surface area contributed by atoms with Crippen LogP contribution in [-0.4, -0.2) is 42.7 Å². The maximum absolute atomic E-state index is 12.9. The lowest BCUT2D eigenvalue weighted by molar-refractivity contribution is 0.220. The third-order valence-electron chi connectivity index (χ3n) is 10.6. The standard InChI is InChI=1S/C48H43Cl2N6O3P/c49-43(45-51-35-55(53-45)47(37-19-7-1-8-20-37,38-21-9-2-10-22-38)39-23-11-3-12-24-39)31-33-58-60(57)59-34-32-44(50)46-52-36-56(54-46)48(40-25-13-4-14-26-40,41-27-15-5-16-28-41)42-29-17-6-18-30-42/h1-30,35-36,43-44,60H,31-34H2. The Balaban J connectivity index is 0.912. The highest BCUT2D eigenvalue weighted by Gasteiger charge is 2.41. The monoisotopic (exact) mass is 852 g/mol. The molecule has 0 aliphatic rings. The summed E-state index contributed by atoms with van der Waals surface area (Å²) in [5.74, 6) is 0.863. The first kappa shape index (κ1) is 41.1. The summed E-state index contributed by atoms with van der Waals surface area (Å²) in [6.45, 7) is 0.164. The van der Waals surface area contributed by atoms with E-state index < -0.39 is 30.1 Å². The van der Waals surface area contributed by atoms with Crippen LogP contribution in [0.2, 0.25) is 0 Å². The molecule has 0 fully saturated rings. The quantitative estimate of drug-likeness (QED) is 0.0482. The normalized spacial score (nSPS) is 13.4. The SMILES string of the molecule is O=[PH](OCCC(Cl)c1ncn(C(c2ccccc2)(c2ccccc2)c2ccccc2)n1)OCCC(Cl)c1ncn(C(c2ccccc2)(c2ccccc2)c2ccccc2)n1. The summed E-state index contributed by atoms with van der Waals surface area (Å²) < 4.78 is 27.8. The van der Waals surface area contributed by atoms with Crippen LogP contribution in [0.15, 0.2) is 195 Å². The summed E-state index contributed by atoms with van der Waals surface area (Å²) in [6.07, 6.45) is 4.06. The minimum absolute atomic E-state index is 0.0819. The Kier molecular flexibility index (Phi) is 13.1.